The van der Waals surface area contributed by atoms with Crippen LogP contribution in [0.15, 0.2) is 18.3 Å². The zero-order valence-corrected chi connectivity index (χ0v) is 13.4. The summed E-state index contributed by atoms with van der Waals surface area (Å²) in [4.78, 5) is 19.1. The quantitative estimate of drug-likeness (QED) is 0.927. The smallest absolute Gasteiger partial charge is 0.229 e. The van der Waals surface area contributed by atoms with Gasteiger partial charge in [-0.1, -0.05) is 27.7 Å². The summed E-state index contributed by atoms with van der Waals surface area (Å²) in [5, 5.41) is 2.96. The van der Waals surface area contributed by atoms with Gasteiger partial charge in [0, 0.05) is 19.0 Å². The second-order valence-corrected chi connectivity index (χ2v) is 7.46. The van der Waals surface area contributed by atoms with Crippen LogP contribution in [0.4, 0.5) is 11.5 Å². The summed E-state index contributed by atoms with van der Waals surface area (Å²) >= 11 is 0. The Morgan fingerprint density at radius 3 is 2.29 bits per heavy atom. The number of carbonyl (C=O) groups excluding carboxylic acids is 1. The van der Waals surface area contributed by atoms with Crippen molar-refractivity contribution in [2.75, 3.05) is 23.3 Å². The Kier molecular flexibility index (Phi) is 3.23. The first-order chi connectivity index (χ1) is 9.84. The van der Waals surface area contributed by atoms with Crippen molar-refractivity contribution in [3.63, 3.8) is 0 Å². The zero-order valence-electron chi connectivity index (χ0n) is 13.4. The molecule has 1 N–H and O–H groups in total. The number of nitrogens with one attached hydrogen (secondary N) is 1. The molecule has 1 aliphatic carbocycles. The number of aromatic nitrogens is 1. The summed E-state index contributed by atoms with van der Waals surface area (Å²) in [5.41, 5.74) is 1.27. The van der Waals surface area contributed by atoms with Gasteiger partial charge in [0.15, 0.2) is 0 Å². The second-order valence-electron chi connectivity index (χ2n) is 7.46. The molecule has 4 nitrogen and oxygen atoms in total. The molecule has 1 aliphatic heterocycles. The van der Waals surface area contributed by atoms with Crippen molar-refractivity contribution in [1.29, 1.82) is 0 Å². The molecule has 0 unspecified atom stereocenters. The normalized spacial score (nSPS) is 23.1. The Balaban J connectivity index is 1.65. The Morgan fingerprint density at radius 1 is 1.19 bits per heavy atom. The van der Waals surface area contributed by atoms with E-state index in [1.54, 1.807) is 0 Å². The molecule has 21 heavy (non-hydrogen) atoms. The molecule has 1 amide bonds. The molecule has 114 valence electrons. The number of hydrogen-bond acceptors (Lipinski definition) is 3. The summed E-state index contributed by atoms with van der Waals surface area (Å²) in [5.74, 6) is 0.804. The third-order valence-corrected chi connectivity index (χ3v) is 5.75. The van der Waals surface area contributed by atoms with Crippen LogP contribution in [0, 0.1) is 16.7 Å². The summed E-state index contributed by atoms with van der Waals surface area (Å²) in [6.45, 7) is 10.8. The molecule has 0 spiro atoms. The lowest BCUT2D eigenvalue weighted by Crippen LogP contribution is -2.20. The third-order valence-electron chi connectivity index (χ3n) is 5.75. The van der Waals surface area contributed by atoms with Gasteiger partial charge in [0.1, 0.15) is 5.82 Å². The fraction of sp³-hybridized carbons (Fsp3) is 0.647. The van der Waals surface area contributed by atoms with Crippen LogP contribution >= 0.6 is 0 Å². The van der Waals surface area contributed by atoms with Gasteiger partial charge in [-0.05, 0) is 35.8 Å². The molecule has 2 heterocycles. The number of anilines is 2. The van der Waals surface area contributed by atoms with Crippen LogP contribution in [0.1, 0.15) is 40.5 Å². The van der Waals surface area contributed by atoms with Gasteiger partial charge in [-0.15, -0.1) is 0 Å². The van der Waals surface area contributed by atoms with Gasteiger partial charge >= 0.3 is 0 Å². The highest BCUT2D eigenvalue weighted by Crippen LogP contribution is 2.68. The van der Waals surface area contributed by atoms with Crippen LogP contribution in [0.25, 0.3) is 0 Å². The number of hydrogen-bond donors (Lipinski definition) is 1. The van der Waals surface area contributed by atoms with E-state index in [1.807, 2.05) is 12.3 Å². The number of carbonyl (C=O) groups is 1. The van der Waals surface area contributed by atoms with E-state index in [-0.39, 0.29) is 22.7 Å². The van der Waals surface area contributed by atoms with Crippen LogP contribution < -0.4 is 10.2 Å². The first-order valence-electron chi connectivity index (χ1n) is 7.86. The monoisotopic (exact) mass is 287 g/mol. The van der Waals surface area contributed by atoms with Crippen molar-refractivity contribution in [1.82, 2.24) is 4.98 Å². The summed E-state index contributed by atoms with van der Waals surface area (Å²) in [6, 6.07) is 3.96. The first kappa shape index (κ1) is 14.4. The van der Waals surface area contributed by atoms with E-state index in [4.69, 9.17) is 0 Å². The maximum Gasteiger partial charge on any atom is 0.229 e. The molecule has 1 aromatic rings. The number of pyridine rings is 1. The molecule has 1 saturated carbocycles. The minimum absolute atomic E-state index is 0.0602. The largest absolute Gasteiger partial charge is 0.370 e. The maximum atomic E-state index is 12.4. The van der Waals surface area contributed by atoms with Crippen LogP contribution in [0.3, 0.4) is 0 Å². The molecule has 0 atom stereocenters. The summed E-state index contributed by atoms with van der Waals surface area (Å²) < 4.78 is 0. The molecule has 0 radical (unpaired) electrons. The molecule has 2 fully saturated rings. The lowest BCUT2D eigenvalue weighted by molar-refractivity contribution is -0.118. The van der Waals surface area contributed by atoms with Crippen molar-refractivity contribution < 1.29 is 4.79 Å². The van der Waals surface area contributed by atoms with Gasteiger partial charge in [-0.25, -0.2) is 4.98 Å². The number of amides is 1. The highest BCUT2D eigenvalue weighted by atomic mass is 16.2. The molecule has 2 aliphatic rings. The Morgan fingerprint density at radius 2 is 1.81 bits per heavy atom. The van der Waals surface area contributed by atoms with E-state index >= 15 is 0 Å². The van der Waals surface area contributed by atoms with Crippen molar-refractivity contribution in [3.8, 4) is 0 Å². The molecule has 1 saturated heterocycles. The number of nitrogens with zero attached hydrogens (tertiary/aromatic N) is 2. The van der Waals surface area contributed by atoms with E-state index in [0.29, 0.717) is 5.82 Å². The molecule has 1 aromatic heterocycles. The summed E-state index contributed by atoms with van der Waals surface area (Å²) in [7, 11) is 0. The van der Waals surface area contributed by atoms with E-state index in [0.717, 1.165) is 18.8 Å². The Labute approximate surface area is 126 Å². The Bertz CT molecular complexity index is 528. The van der Waals surface area contributed by atoms with E-state index in [1.165, 1.54) is 12.8 Å². The average Bonchev–Trinajstić information content (AvgIpc) is 2.80. The van der Waals surface area contributed by atoms with Crippen molar-refractivity contribution in [2.45, 2.75) is 40.5 Å². The fourth-order valence-corrected chi connectivity index (χ4v) is 3.67. The van der Waals surface area contributed by atoms with Gasteiger partial charge in [0.05, 0.1) is 11.9 Å². The summed E-state index contributed by atoms with van der Waals surface area (Å²) in [6.07, 6.45) is 4.37. The van der Waals surface area contributed by atoms with Crippen LogP contribution in [0.2, 0.25) is 0 Å². The molecule has 0 bridgehead atoms. The SMILES string of the molecule is CC1(C)C(C(=O)Nc2ccc(N3CCCC3)cn2)C1(C)C. The van der Waals surface area contributed by atoms with Crippen LogP contribution in [0.5, 0.6) is 0 Å². The van der Waals surface area contributed by atoms with Crippen molar-refractivity contribution >= 4 is 17.4 Å². The Hall–Kier alpha value is -1.58. The topological polar surface area (TPSA) is 45.2 Å². The van der Waals surface area contributed by atoms with Crippen LogP contribution in [-0.4, -0.2) is 24.0 Å². The molecule has 3 rings (SSSR count). The fourth-order valence-electron chi connectivity index (χ4n) is 3.67. The van der Waals surface area contributed by atoms with Gasteiger partial charge in [0.25, 0.3) is 0 Å². The highest BCUT2D eigenvalue weighted by Gasteiger charge is 2.68. The van der Waals surface area contributed by atoms with Gasteiger partial charge in [0.2, 0.25) is 5.91 Å². The van der Waals surface area contributed by atoms with Gasteiger partial charge in [-0.3, -0.25) is 4.79 Å². The van der Waals surface area contributed by atoms with Crippen molar-refractivity contribution in [3.05, 3.63) is 18.3 Å². The number of rotatable bonds is 3. The minimum Gasteiger partial charge on any atom is -0.370 e. The van der Waals surface area contributed by atoms with Crippen molar-refractivity contribution in [2.24, 2.45) is 16.7 Å². The predicted molar refractivity (Wildman–Crippen MR) is 85.4 cm³/mol. The molecular formula is C17H25N3O. The maximum absolute atomic E-state index is 12.4. The second kappa shape index (κ2) is 4.72. The average molecular weight is 287 g/mol. The van der Waals surface area contributed by atoms with Gasteiger partial charge in [-0.2, -0.15) is 0 Å². The predicted octanol–water partition coefficient (Wildman–Crippen LogP) is 3.30. The standard InChI is InChI=1S/C17H25N3O/c1-16(2)14(17(16,3)4)15(21)19-13-8-7-12(11-18-13)20-9-5-6-10-20/h7-8,11,14H,5-6,9-10H2,1-4H3,(H,18,19,21). The van der Waals surface area contributed by atoms with E-state index < -0.39 is 0 Å². The highest BCUT2D eigenvalue weighted by molar-refractivity contribution is 5.95. The lowest BCUT2D eigenvalue weighted by Gasteiger charge is -2.17. The molecular weight excluding hydrogens is 262 g/mol. The lowest BCUT2D eigenvalue weighted by atomic mass is 10.0. The first-order valence-corrected chi connectivity index (χ1v) is 7.86. The van der Waals surface area contributed by atoms with Crippen LogP contribution in [-0.2, 0) is 4.79 Å². The van der Waals surface area contributed by atoms with Gasteiger partial charge < -0.3 is 10.2 Å². The molecule has 0 aromatic carbocycles. The van der Waals surface area contributed by atoms with E-state index in [9.17, 15) is 4.79 Å². The van der Waals surface area contributed by atoms with E-state index in [2.05, 4.69) is 49.0 Å². The zero-order chi connectivity index (χ0) is 15.3. The third kappa shape index (κ3) is 2.30. The minimum atomic E-state index is 0.0602. The molecule has 4 heteroatoms.